The standard InChI is InChI=1S/C11H16N2OS/c1-11(2,3)7-4-5-9(14)8(6-7)13-10(12)15/h4-6,14H,1-3H3,(H3,12,13,15). The summed E-state index contributed by atoms with van der Waals surface area (Å²) in [5, 5.41) is 12.5. The zero-order chi connectivity index (χ0) is 11.6. The third-order valence-electron chi connectivity index (χ3n) is 2.12. The predicted octanol–water partition coefficient (Wildman–Crippen LogP) is 2.35. The molecule has 0 radical (unpaired) electrons. The smallest absolute Gasteiger partial charge is 0.168 e. The highest BCUT2D eigenvalue weighted by Crippen LogP contribution is 2.30. The molecule has 0 bridgehead atoms. The van der Waals surface area contributed by atoms with Crippen molar-refractivity contribution in [1.82, 2.24) is 0 Å². The molecule has 1 aromatic carbocycles. The van der Waals surface area contributed by atoms with Crippen molar-refractivity contribution >= 4 is 23.0 Å². The number of nitrogens with two attached hydrogens (primary N) is 1. The van der Waals surface area contributed by atoms with Gasteiger partial charge in [-0.1, -0.05) is 26.8 Å². The van der Waals surface area contributed by atoms with Gasteiger partial charge >= 0.3 is 0 Å². The lowest BCUT2D eigenvalue weighted by molar-refractivity contribution is 0.476. The maximum absolute atomic E-state index is 9.57. The molecule has 15 heavy (non-hydrogen) atoms. The Morgan fingerprint density at radius 1 is 1.40 bits per heavy atom. The molecule has 0 atom stereocenters. The largest absolute Gasteiger partial charge is 0.506 e. The molecule has 0 amide bonds. The first-order valence-electron chi connectivity index (χ1n) is 4.70. The van der Waals surface area contributed by atoms with Crippen LogP contribution in [0.5, 0.6) is 5.75 Å². The fourth-order valence-corrected chi connectivity index (χ4v) is 1.35. The number of hydrogen-bond acceptors (Lipinski definition) is 2. The maximum atomic E-state index is 9.57. The van der Waals surface area contributed by atoms with Gasteiger partial charge in [-0.3, -0.25) is 0 Å². The summed E-state index contributed by atoms with van der Waals surface area (Å²) in [6.45, 7) is 6.30. The van der Waals surface area contributed by atoms with Crippen LogP contribution in [0, 0.1) is 0 Å². The van der Waals surface area contributed by atoms with Gasteiger partial charge in [0.25, 0.3) is 0 Å². The van der Waals surface area contributed by atoms with Crippen LogP contribution in [-0.2, 0) is 5.41 Å². The van der Waals surface area contributed by atoms with Crippen molar-refractivity contribution in [2.24, 2.45) is 5.73 Å². The lowest BCUT2D eigenvalue weighted by Gasteiger charge is -2.20. The Balaban J connectivity index is 3.11. The molecule has 3 nitrogen and oxygen atoms in total. The number of nitrogens with one attached hydrogen (secondary N) is 1. The Kier molecular flexibility index (Phi) is 3.19. The molecular formula is C11H16N2OS. The predicted molar refractivity (Wildman–Crippen MR) is 67.2 cm³/mol. The molecule has 0 aromatic heterocycles. The van der Waals surface area contributed by atoms with Crippen LogP contribution in [0.2, 0.25) is 0 Å². The second-order valence-electron chi connectivity index (χ2n) is 4.47. The molecule has 0 aliphatic rings. The van der Waals surface area contributed by atoms with Gasteiger partial charge in [-0.2, -0.15) is 0 Å². The van der Waals surface area contributed by atoms with Gasteiger partial charge in [-0.05, 0) is 35.3 Å². The van der Waals surface area contributed by atoms with E-state index in [2.05, 4.69) is 26.1 Å². The van der Waals surface area contributed by atoms with Crippen molar-refractivity contribution < 1.29 is 5.11 Å². The molecule has 0 fully saturated rings. The Bertz CT molecular complexity index is 383. The molecule has 0 aliphatic heterocycles. The molecule has 4 N–H and O–H groups in total. The van der Waals surface area contributed by atoms with Crippen LogP contribution in [0.25, 0.3) is 0 Å². The minimum atomic E-state index is 0.0281. The number of anilines is 1. The van der Waals surface area contributed by atoms with Gasteiger partial charge in [-0.15, -0.1) is 0 Å². The minimum absolute atomic E-state index is 0.0281. The molecule has 0 aliphatic carbocycles. The summed E-state index contributed by atoms with van der Waals surface area (Å²) in [6, 6.07) is 5.38. The van der Waals surface area contributed by atoms with Gasteiger partial charge in [0.15, 0.2) is 5.11 Å². The van der Waals surface area contributed by atoms with Crippen LogP contribution >= 0.6 is 12.2 Å². The summed E-state index contributed by atoms with van der Waals surface area (Å²) in [4.78, 5) is 0. The van der Waals surface area contributed by atoms with Crippen molar-refractivity contribution in [3.8, 4) is 5.75 Å². The molecule has 0 heterocycles. The van der Waals surface area contributed by atoms with Crippen LogP contribution in [0.4, 0.5) is 5.69 Å². The number of benzene rings is 1. The Hall–Kier alpha value is -1.29. The van der Waals surface area contributed by atoms with E-state index in [9.17, 15) is 5.11 Å². The topological polar surface area (TPSA) is 58.3 Å². The van der Waals surface area contributed by atoms with E-state index in [0.29, 0.717) is 5.69 Å². The molecule has 0 saturated carbocycles. The van der Waals surface area contributed by atoms with Crippen molar-refractivity contribution in [3.63, 3.8) is 0 Å². The molecule has 1 rings (SSSR count). The first-order valence-corrected chi connectivity index (χ1v) is 5.11. The fraction of sp³-hybridized carbons (Fsp3) is 0.364. The molecule has 4 heteroatoms. The highest BCUT2D eigenvalue weighted by Gasteiger charge is 2.15. The average molecular weight is 224 g/mol. The number of phenolic OH excluding ortho intramolecular Hbond substituents is 1. The summed E-state index contributed by atoms with van der Waals surface area (Å²) >= 11 is 4.73. The summed E-state index contributed by atoms with van der Waals surface area (Å²) in [5.74, 6) is 0.149. The average Bonchev–Trinajstić information content (AvgIpc) is 2.06. The monoisotopic (exact) mass is 224 g/mol. The van der Waals surface area contributed by atoms with Crippen LogP contribution in [0.15, 0.2) is 18.2 Å². The lowest BCUT2D eigenvalue weighted by atomic mass is 9.87. The fourth-order valence-electron chi connectivity index (χ4n) is 1.24. The lowest BCUT2D eigenvalue weighted by Crippen LogP contribution is -2.19. The Morgan fingerprint density at radius 2 is 2.00 bits per heavy atom. The van der Waals surface area contributed by atoms with E-state index in [1.807, 2.05) is 12.1 Å². The van der Waals surface area contributed by atoms with Crippen LogP contribution < -0.4 is 11.1 Å². The maximum Gasteiger partial charge on any atom is 0.168 e. The zero-order valence-corrected chi connectivity index (χ0v) is 9.98. The molecule has 1 aromatic rings. The molecule has 0 spiro atoms. The first kappa shape index (κ1) is 11.8. The molecular weight excluding hydrogens is 208 g/mol. The van der Waals surface area contributed by atoms with Crippen molar-refractivity contribution in [2.45, 2.75) is 26.2 Å². The highest BCUT2D eigenvalue weighted by atomic mass is 32.1. The SMILES string of the molecule is CC(C)(C)c1ccc(O)c(NC(N)=S)c1. The van der Waals surface area contributed by atoms with Gasteiger partial charge in [0, 0.05) is 0 Å². The Labute approximate surface area is 95.3 Å². The summed E-state index contributed by atoms with van der Waals surface area (Å²) < 4.78 is 0. The van der Waals surface area contributed by atoms with Crippen LogP contribution in [0.1, 0.15) is 26.3 Å². The number of thiocarbonyl (C=S) groups is 1. The minimum Gasteiger partial charge on any atom is -0.506 e. The summed E-state index contributed by atoms with van der Waals surface area (Å²) in [7, 11) is 0. The van der Waals surface area contributed by atoms with E-state index >= 15 is 0 Å². The van der Waals surface area contributed by atoms with E-state index in [0.717, 1.165) is 5.56 Å². The normalized spacial score (nSPS) is 11.1. The van der Waals surface area contributed by atoms with Gasteiger partial charge in [-0.25, -0.2) is 0 Å². The van der Waals surface area contributed by atoms with E-state index in [4.69, 9.17) is 18.0 Å². The second-order valence-corrected chi connectivity index (χ2v) is 4.91. The number of phenols is 1. The van der Waals surface area contributed by atoms with E-state index < -0.39 is 0 Å². The third kappa shape index (κ3) is 3.09. The summed E-state index contributed by atoms with van der Waals surface area (Å²) in [6.07, 6.45) is 0. The third-order valence-corrected chi connectivity index (χ3v) is 2.22. The van der Waals surface area contributed by atoms with E-state index in [1.54, 1.807) is 6.07 Å². The number of rotatable bonds is 1. The van der Waals surface area contributed by atoms with Crippen LogP contribution in [-0.4, -0.2) is 10.2 Å². The highest BCUT2D eigenvalue weighted by molar-refractivity contribution is 7.80. The van der Waals surface area contributed by atoms with Crippen molar-refractivity contribution in [2.75, 3.05) is 5.32 Å². The van der Waals surface area contributed by atoms with Gasteiger partial charge in [0.1, 0.15) is 5.75 Å². The van der Waals surface area contributed by atoms with E-state index in [1.165, 1.54) is 0 Å². The Morgan fingerprint density at radius 3 is 2.47 bits per heavy atom. The number of hydrogen-bond donors (Lipinski definition) is 3. The molecule has 0 saturated heterocycles. The quantitative estimate of drug-likeness (QED) is 0.506. The van der Waals surface area contributed by atoms with Gasteiger partial charge < -0.3 is 16.2 Å². The van der Waals surface area contributed by atoms with Gasteiger partial charge in [0.05, 0.1) is 5.69 Å². The molecule has 0 unspecified atom stereocenters. The zero-order valence-electron chi connectivity index (χ0n) is 9.16. The van der Waals surface area contributed by atoms with Crippen molar-refractivity contribution in [3.05, 3.63) is 23.8 Å². The molecule has 82 valence electrons. The van der Waals surface area contributed by atoms with Crippen LogP contribution in [0.3, 0.4) is 0 Å². The van der Waals surface area contributed by atoms with Crippen molar-refractivity contribution in [1.29, 1.82) is 0 Å². The first-order chi connectivity index (χ1) is 6.80. The summed E-state index contributed by atoms with van der Waals surface area (Å²) in [5.41, 5.74) is 7.05. The number of aromatic hydroxyl groups is 1. The van der Waals surface area contributed by atoms with E-state index in [-0.39, 0.29) is 16.3 Å². The van der Waals surface area contributed by atoms with Gasteiger partial charge in [0.2, 0.25) is 0 Å². The second kappa shape index (κ2) is 4.06.